The van der Waals surface area contributed by atoms with Crippen molar-refractivity contribution in [3.8, 4) is 0 Å². The van der Waals surface area contributed by atoms with E-state index in [1.165, 1.54) is 6.07 Å². The van der Waals surface area contributed by atoms with Crippen molar-refractivity contribution in [2.75, 3.05) is 10.2 Å². The zero-order valence-electron chi connectivity index (χ0n) is 6.77. The number of anilines is 1. The van der Waals surface area contributed by atoms with Gasteiger partial charge in [0.1, 0.15) is 0 Å². The lowest BCUT2D eigenvalue weighted by Gasteiger charge is -2.12. The zero-order chi connectivity index (χ0) is 10.1. The fourth-order valence-corrected chi connectivity index (χ4v) is 1.17. The van der Waals surface area contributed by atoms with E-state index in [2.05, 4.69) is 0 Å². The van der Waals surface area contributed by atoms with Crippen LogP contribution in [0.2, 0.25) is 0 Å². The van der Waals surface area contributed by atoms with Gasteiger partial charge in [-0.3, -0.25) is 0 Å². The molecular weight excluding hydrogens is 294 g/mol. The van der Waals surface area contributed by atoms with Gasteiger partial charge in [0.2, 0.25) is 0 Å². The average Bonchev–Trinajstić information content (AvgIpc) is 2.03. The summed E-state index contributed by atoms with van der Waals surface area (Å²) in [6.45, 7) is 0. The summed E-state index contributed by atoms with van der Waals surface area (Å²) in [6.07, 6.45) is -4.26. The largest absolute Gasteiger partial charge is 0.416 e. The Morgan fingerprint density at radius 1 is 1.31 bits per heavy atom. The molecule has 0 spiro atoms. The Labute approximate surface area is 88.0 Å². The standard InChI is InChI=1S/C8H7F3IN/c1-13(12)7-4-2-3-6(5-7)8(9,10)11/h2-5H,1H3. The van der Waals surface area contributed by atoms with Crippen LogP contribution < -0.4 is 3.11 Å². The van der Waals surface area contributed by atoms with E-state index in [4.69, 9.17) is 0 Å². The molecule has 0 saturated carbocycles. The minimum absolute atomic E-state index is 0.537. The van der Waals surface area contributed by atoms with Crippen LogP contribution >= 0.6 is 22.9 Å². The van der Waals surface area contributed by atoms with Gasteiger partial charge in [0.25, 0.3) is 0 Å². The van der Waals surface area contributed by atoms with Gasteiger partial charge in [0, 0.05) is 12.7 Å². The molecule has 1 nitrogen and oxygen atoms in total. The number of hydrogen-bond donors (Lipinski definition) is 0. The first-order valence-corrected chi connectivity index (χ1v) is 4.44. The van der Waals surface area contributed by atoms with E-state index >= 15 is 0 Å². The summed E-state index contributed by atoms with van der Waals surface area (Å²) in [5.74, 6) is 0. The van der Waals surface area contributed by atoms with Gasteiger partial charge >= 0.3 is 6.18 Å². The van der Waals surface area contributed by atoms with Gasteiger partial charge in [0.15, 0.2) is 0 Å². The number of alkyl halides is 3. The minimum Gasteiger partial charge on any atom is -0.318 e. The Morgan fingerprint density at radius 3 is 2.38 bits per heavy atom. The summed E-state index contributed by atoms with van der Waals surface area (Å²) in [5.41, 5.74) is -0.0797. The van der Waals surface area contributed by atoms with Crippen LogP contribution in [0.1, 0.15) is 5.56 Å². The van der Waals surface area contributed by atoms with Gasteiger partial charge in [-0.15, -0.1) is 0 Å². The summed E-state index contributed by atoms with van der Waals surface area (Å²) in [5, 5.41) is 0. The Kier molecular flexibility index (Phi) is 3.05. The molecule has 0 unspecified atom stereocenters. The third-order valence-corrected chi connectivity index (χ3v) is 2.09. The van der Waals surface area contributed by atoms with Crippen molar-refractivity contribution in [2.24, 2.45) is 0 Å². The minimum atomic E-state index is -4.26. The van der Waals surface area contributed by atoms with Gasteiger partial charge in [-0.25, -0.2) is 0 Å². The number of rotatable bonds is 1. The Bertz CT molecular complexity index is 296. The number of hydrogen-bond acceptors (Lipinski definition) is 1. The quantitative estimate of drug-likeness (QED) is 0.567. The smallest absolute Gasteiger partial charge is 0.318 e. The molecule has 0 heterocycles. The van der Waals surface area contributed by atoms with Crippen molar-refractivity contribution >= 4 is 28.6 Å². The molecular formula is C8H7F3IN. The van der Waals surface area contributed by atoms with Crippen molar-refractivity contribution in [3.63, 3.8) is 0 Å². The molecule has 0 radical (unpaired) electrons. The predicted octanol–water partition coefficient (Wildman–Crippen LogP) is 3.49. The second kappa shape index (κ2) is 3.73. The maximum Gasteiger partial charge on any atom is 0.416 e. The zero-order valence-corrected chi connectivity index (χ0v) is 8.93. The molecule has 72 valence electrons. The van der Waals surface area contributed by atoms with Crippen molar-refractivity contribution < 1.29 is 13.2 Å². The topological polar surface area (TPSA) is 3.24 Å². The molecule has 1 aromatic rings. The molecule has 0 aliphatic rings. The highest BCUT2D eigenvalue weighted by molar-refractivity contribution is 14.1. The molecule has 0 atom stereocenters. The first-order chi connectivity index (χ1) is 5.91. The summed E-state index contributed by atoms with van der Waals surface area (Å²) in [4.78, 5) is 0. The highest BCUT2D eigenvalue weighted by Gasteiger charge is 2.30. The maximum absolute atomic E-state index is 12.2. The Balaban J connectivity index is 3.06. The molecule has 1 rings (SSSR count). The predicted molar refractivity (Wildman–Crippen MR) is 53.9 cm³/mol. The van der Waals surface area contributed by atoms with Crippen LogP contribution in [0.4, 0.5) is 18.9 Å². The van der Waals surface area contributed by atoms with Crippen LogP contribution in [0.25, 0.3) is 0 Å². The first-order valence-electron chi connectivity index (χ1n) is 3.48. The lowest BCUT2D eigenvalue weighted by atomic mass is 10.2. The monoisotopic (exact) mass is 301 g/mol. The molecule has 5 heteroatoms. The van der Waals surface area contributed by atoms with E-state index in [0.29, 0.717) is 5.69 Å². The molecule has 1 aromatic carbocycles. The maximum atomic E-state index is 12.2. The van der Waals surface area contributed by atoms with Crippen LogP contribution in [0.3, 0.4) is 0 Å². The van der Waals surface area contributed by atoms with Crippen molar-refractivity contribution in [1.82, 2.24) is 0 Å². The fourth-order valence-electron chi connectivity index (χ4n) is 0.874. The summed E-state index contributed by atoms with van der Waals surface area (Å²) in [7, 11) is 1.69. The van der Waals surface area contributed by atoms with Crippen LogP contribution in [-0.4, -0.2) is 7.05 Å². The van der Waals surface area contributed by atoms with Gasteiger partial charge in [-0.1, -0.05) is 6.07 Å². The van der Waals surface area contributed by atoms with E-state index in [1.54, 1.807) is 16.2 Å². The fraction of sp³-hybridized carbons (Fsp3) is 0.250. The molecule has 0 N–H and O–H groups in total. The van der Waals surface area contributed by atoms with Crippen LogP contribution in [0.5, 0.6) is 0 Å². The van der Waals surface area contributed by atoms with Crippen molar-refractivity contribution in [2.45, 2.75) is 6.18 Å². The van der Waals surface area contributed by atoms with E-state index in [1.807, 2.05) is 22.9 Å². The van der Waals surface area contributed by atoms with E-state index in [0.717, 1.165) is 12.1 Å². The van der Waals surface area contributed by atoms with Gasteiger partial charge in [-0.2, -0.15) is 13.2 Å². The van der Waals surface area contributed by atoms with Crippen LogP contribution in [0, 0.1) is 0 Å². The molecule has 0 aromatic heterocycles. The molecule has 13 heavy (non-hydrogen) atoms. The molecule has 0 aliphatic heterocycles. The van der Waals surface area contributed by atoms with Crippen molar-refractivity contribution in [1.29, 1.82) is 0 Å². The second-order valence-corrected chi connectivity index (χ2v) is 3.97. The SMILES string of the molecule is CN(I)c1cccc(C(F)(F)F)c1. The van der Waals surface area contributed by atoms with Crippen LogP contribution in [-0.2, 0) is 6.18 Å². The molecule has 0 bridgehead atoms. The summed E-state index contributed by atoms with van der Waals surface area (Å²) >= 11 is 1.92. The molecule has 0 saturated heterocycles. The second-order valence-electron chi connectivity index (χ2n) is 2.53. The van der Waals surface area contributed by atoms with E-state index in [9.17, 15) is 13.2 Å². The number of halogens is 4. The first kappa shape index (κ1) is 10.6. The normalized spacial score (nSPS) is 11.5. The third kappa shape index (κ3) is 2.75. The number of nitrogens with zero attached hydrogens (tertiary/aromatic N) is 1. The van der Waals surface area contributed by atoms with Crippen LogP contribution in [0.15, 0.2) is 24.3 Å². The Morgan fingerprint density at radius 2 is 1.92 bits per heavy atom. The average molecular weight is 301 g/mol. The lowest BCUT2D eigenvalue weighted by Crippen LogP contribution is -2.06. The third-order valence-electron chi connectivity index (χ3n) is 1.53. The van der Waals surface area contributed by atoms with Gasteiger partial charge in [-0.05, 0) is 18.2 Å². The van der Waals surface area contributed by atoms with Gasteiger partial charge in [0.05, 0.1) is 28.4 Å². The molecule has 0 aliphatic carbocycles. The van der Waals surface area contributed by atoms with Crippen molar-refractivity contribution in [3.05, 3.63) is 29.8 Å². The summed E-state index contributed by atoms with van der Waals surface area (Å²) < 4.78 is 38.2. The molecule has 0 amide bonds. The highest BCUT2D eigenvalue weighted by atomic mass is 127. The highest BCUT2D eigenvalue weighted by Crippen LogP contribution is 2.31. The number of benzene rings is 1. The Hall–Kier alpha value is -0.460. The molecule has 0 fully saturated rings. The lowest BCUT2D eigenvalue weighted by molar-refractivity contribution is -0.137. The summed E-state index contributed by atoms with van der Waals surface area (Å²) in [6, 6.07) is 5.20. The van der Waals surface area contributed by atoms with E-state index in [-0.39, 0.29) is 0 Å². The van der Waals surface area contributed by atoms with E-state index < -0.39 is 11.7 Å². The van der Waals surface area contributed by atoms with Gasteiger partial charge < -0.3 is 3.11 Å².